The van der Waals surface area contributed by atoms with Crippen molar-refractivity contribution >= 4 is 34.2 Å². The molecule has 1 aliphatic heterocycles. The van der Waals surface area contributed by atoms with Gasteiger partial charge in [-0.25, -0.2) is 9.67 Å². The molecular weight excluding hydrogens is 422 g/mol. The summed E-state index contributed by atoms with van der Waals surface area (Å²) in [6.45, 7) is 10.8. The highest BCUT2D eigenvalue weighted by Crippen LogP contribution is 2.36. The lowest BCUT2D eigenvalue weighted by Crippen LogP contribution is -2.23. The molecule has 5 rings (SSSR count). The number of hydrogen-bond acceptors (Lipinski definition) is 6. The number of benzene rings is 2. The Hall–Kier alpha value is -3.45. The number of para-hydroxylation sites is 1. The van der Waals surface area contributed by atoms with Gasteiger partial charge in [-0.15, -0.1) is 0 Å². The molecule has 0 spiro atoms. The fourth-order valence-electron chi connectivity index (χ4n) is 4.69. The van der Waals surface area contributed by atoms with Crippen LogP contribution in [-0.2, 0) is 20.0 Å². The second kappa shape index (κ2) is 9.06. The second-order valence-corrected chi connectivity index (χ2v) is 9.68. The normalized spacial score (nSPS) is 13.5. The molecule has 0 saturated heterocycles. The Balaban J connectivity index is 1.47. The molecule has 3 heterocycles. The molecule has 176 valence electrons. The van der Waals surface area contributed by atoms with Gasteiger partial charge in [0, 0.05) is 31.2 Å². The lowest BCUT2D eigenvalue weighted by molar-refractivity contribution is 0.644. The highest BCUT2D eigenvalue weighted by Gasteiger charge is 2.18. The van der Waals surface area contributed by atoms with E-state index in [4.69, 9.17) is 10.1 Å². The minimum Gasteiger partial charge on any atom is -0.338 e. The Labute approximate surface area is 201 Å². The van der Waals surface area contributed by atoms with Crippen LogP contribution in [0.5, 0.6) is 0 Å². The third kappa shape index (κ3) is 4.23. The number of hydrogen-bond donors (Lipinski definition) is 3. The minimum atomic E-state index is 0.398. The van der Waals surface area contributed by atoms with E-state index in [-0.39, 0.29) is 0 Å². The molecule has 2 aromatic heterocycles. The summed E-state index contributed by atoms with van der Waals surface area (Å²) < 4.78 is 1.81. The third-order valence-electron chi connectivity index (χ3n) is 6.55. The van der Waals surface area contributed by atoms with Crippen LogP contribution in [0, 0.1) is 0 Å². The second-order valence-electron chi connectivity index (χ2n) is 9.68. The molecule has 0 unspecified atom stereocenters. The molecule has 2 aromatic carbocycles. The van der Waals surface area contributed by atoms with Crippen molar-refractivity contribution in [1.29, 1.82) is 0 Å². The number of nitrogens with one attached hydrogen (secondary N) is 3. The zero-order valence-electron chi connectivity index (χ0n) is 20.6. The predicted molar refractivity (Wildman–Crippen MR) is 139 cm³/mol. The van der Waals surface area contributed by atoms with Crippen molar-refractivity contribution in [3.63, 3.8) is 0 Å². The SMILES string of the molecule is CC(C)c1cccc(C(C)C)c1Nc1nn(C)c2nc(Nc3ccc4c(c3)CNCC4)ncc12. The maximum Gasteiger partial charge on any atom is 0.229 e. The summed E-state index contributed by atoms with van der Waals surface area (Å²) in [5.41, 5.74) is 8.22. The van der Waals surface area contributed by atoms with E-state index in [1.165, 1.54) is 22.3 Å². The highest BCUT2D eigenvalue weighted by atomic mass is 15.3. The van der Waals surface area contributed by atoms with Gasteiger partial charge in [-0.1, -0.05) is 52.0 Å². The van der Waals surface area contributed by atoms with Crippen molar-refractivity contribution < 1.29 is 0 Å². The van der Waals surface area contributed by atoms with E-state index in [0.717, 1.165) is 47.7 Å². The average Bonchev–Trinajstić information content (AvgIpc) is 3.13. The number of nitrogens with zero attached hydrogens (tertiary/aromatic N) is 4. The standard InChI is InChI=1S/C27H33N7/c1-16(2)21-7-6-8-22(17(3)4)24(21)31-25-23-15-29-27(32-26(23)34(5)33-25)30-20-10-9-18-11-12-28-14-19(18)13-20/h6-10,13,15-17,28H,11-12,14H2,1-5H3,(H,31,33)(H,29,30,32). The maximum absolute atomic E-state index is 4.78. The van der Waals surface area contributed by atoms with E-state index in [9.17, 15) is 0 Å². The van der Waals surface area contributed by atoms with Crippen LogP contribution in [0.25, 0.3) is 11.0 Å². The molecule has 0 aliphatic carbocycles. The Bertz CT molecular complexity index is 1310. The van der Waals surface area contributed by atoms with E-state index >= 15 is 0 Å². The topological polar surface area (TPSA) is 79.7 Å². The number of aryl methyl sites for hydroxylation is 1. The van der Waals surface area contributed by atoms with Crippen molar-refractivity contribution in [2.75, 3.05) is 17.2 Å². The van der Waals surface area contributed by atoms with Gasteiger partial charge in [0.1, 0.15) is 0 Å². The van der Waals surface area contributed by atoms with Crippen molar-refractivity contribution in [3.8, 4) is 0 Å². The summed E-state index contributed by atoms with van der Waals surface area (Å²) in [6.07, 6.45) is 2.92. The zero-order valence-corrected chi connectivity index (χ0v) is 20.6. The van der Waals surface area contributed by atoms with Crippen molar-refractivity contribution in [3.05, 3.63) is 64.8 Å². The number of rotatable bonds is 6. The van der Waals surface area contributed by atoms with Crippen LogP contribution in [0.1, 0.15) is 61.8 Å². The average molecular weight is 456 g/mol. The van der Waals surface area contributed by atoms with Gasteiger partial charge >= 0.3 is 0 Å². The molecule has 0 radical (unpaired) electrons. The Kier molecular flexibility index (Phi) is 5.96. The molecule has 7 heteroatoms. The Morgan fingerprint density at radius 3 is 2.47 bits per heavy atom. The van der Waals surface area contributed by atoms with Gasteiger partial charge in [0.05, 0.1) is 5.39 Å². The van der Waals surface area contributed by atoms with Gasteiger partial charge in [0.2, 0.25) is 5.95 Å². The van der Waals surface area contributed by atoms with Crippen LogP contribution in [0.3, 0.4) is 0 Å². The Morgan fingerprint density at radius 2 is 1.74 bits per heavy atom. The summed E-state index contributed by atoms with van der Waals surface area (Å²) in [4.78, 5) is 9.40. The van der Waals surface area contributed by atoms with Gasteiger partial charge in [-0.05, 0) is 59.2 Å². The molecule has 0 amide bonds. The summed E-state index contributed by atoms with van der Waals surface area (Å²) >= 11 is 0. The van der Waals surface area contributed by atoms with E-state index in [1.54, 1.807) is 0 Å². The Morgan fingerprint density at radius 1 is 0.971 bits per heavy atom. The summed E-state index contributed by atoms with van der Waals surface area (Å²) in [6, 6.07) is 13.0. The van der Waals surface area contributed by atoms with Crippen molar-refractivity contribution in [2.24, 2.45) is 7.05 Å². The molecule has 4 aromatic rings. The fourth-order valence-corrected chi connectivity index (χ4v) is 4.69. The number of anilines is 4. The van der Waals surface area contributed by atoms with Gasteiger partial charge < -0.3 is 16.0 Å². The molecular formula is C27H33N7. The van der Waals surface area contributed by atoms with Crippen LogP contribution in [0.15, 0.2) is 42.6 Å². The predicted octanol–water partition coefficient (Wildman–Crippen LogP) is 5.74. The van der Waals surface area contributed by atoms with Crippen LogP contribution in [-0.4, -0.2) is 26.3 Å². The first-order valence-corrected chi connectivity index (χ1v) is 12.1. The molecule has 0 atom stereocenters. The summed E-state index contributed by atoms with van der Waals surface area (Å²) in [5.74, 6) is 2.14. The molecule has 3 N–H and O–H groups in total. The zero-order chi connectivity index (χ0) is 23.8. The summed E-state index contributed by atoms with van der Waals surface area (Å²) in [7, 11) is 1.92. The smallest absolute Gasteiger partial charge is 0.229 e. The molecule has 0 saturated carbocycles. The van der Waals surface area contributed by atoms with Crippen LogP contribution >= 0.6 is 0 Å². The van der Waals surface area contributed by atoms with E-state index < -0.39 is 0 Å². The fraction of sp³-hybridized carbons (Fsp3) is 0.370. The van der Waals surface area contributed by atoms with E-state index in [1.807, 2.05) is 17.9 Å². The molecule has 0 fully saturated rings. The molecule has 34 heavy (non-hydrogen) atoms. The largest absolute Gasteiger partial charge is 0.338 e. The van der Waals surface area contributed by atoms with Crippen LogP contribution in [0.2, 0.25) is 0 Å². The number of aromatic nitrogens is 4. The monoisotopic (exact) mass is 455 g/mol. The van der Waals surface area contributed by atoms with Gasteiger partial charge in [0.25, 0.3) is 0 Å². The number of fused-ring (bicyclic) bond motifs is 2. The lowest BCUT2D eigenvalue weighted by Gasteiger charge is -2.20. The first kappa shape index (κ1) is 22.3. The van der Waals surface area contributed by atoms with E-state index in [0.29, 0.717) is 17.8 Å². The van der Waals surface area contributed by atoms with Gasteiger partial charge in [-0.3, -0.25) is 0 Å². The van der Waals surface area contributed by atoms with Crippen molar-refractivity contribution in [2.45, 2.75) is 52.5 Å². The molecule has 1 aliphatic rings. The minimum absolute atomic E-state index is 0.398. The van der Waals surface area contributed by atoms with Gasteiger partial charge in [-0.2, -0.15) is 10.1 Å². The van der Waals surface area contributed by atoms with Crippen LogP contribution in [0.4, 0.5) is 23.1 Å². The highest BCUT2D eigenvalue weighted by molar-refractivity contribution is 5.90. The molecule has 7 nitrogen and oxygen atoms in total. The maximum atomic E-state index is 4.78. The quantitative estimate of drug-likeness (QED) is 0.344. The summed E-state index contributed by atoms with van der Waals surface area (Å²) in [5, 5.41) is 16.1. The van der Waals surface area contributed by atoms with Crippen LogP contribution < -0.4 is 16.0 Å². The molecule has 0 bridgehead atoms. The third-order valence-corrected chi connectivity index (χ3v) is 6.55. The lowest BCUT2D eigenvalue weighted by atomic mass is 9.92. The van der Waals surface area contributed by atoms with E-state index in [2.05, 4.69) is 85.0 Å². The first-order chi connectivity index (χ1) is 16.4. The first-order valence-electron chi connectivity index (χ1n) is 12.1. The van der Waals surface area contributed by atoms with Crippen molar-refractivity contribution in [1.82, 2.24) is 25.1 Å². The van der Waals surface area contributed by atoms with Gasteiger partial charge in [0.15, 0.2) is 11.5 Å².